The molecule has 0 radical (unpaired) electrons. The molecule has 0 fully saturated rings. The topological polar surface area (TPSA) is 116 Å². The van der Waals surface area contributed by atoms with Crippen LogP contribution in [0.2, 0.25) is 0 Å². The van der Waals surface area contributed by atoms with Gasteiger partial charge in [-0.05, 0) is 19.4 Å². The van der Waals surface area contributed by atoms with E-state index in [9.17, 15) is 19.7 Å². The Kier molecular flexibility index (Phi) is 3.55. The number of carboxylic acid groups (broad SMARTS) is 1. The summed E-state index contributed by atoms with van der Waals surface area (Å²) in [7, 11) is 0. The van der Waals surface area contributed by atoms with Crippen LogP contribution in [0.15, 0.2) is 27.4 Å². The maximum atomic E-state index is 11.8. The number of oxazole rings is 1. The summed E-state index contributed by atoms with van der Waals surface area (Å²) in [5, 5.41) is 19.4. The minimum Gasteiger partial charge on any atom is -0.481 e. The van der Waals surface area contributed by atoms with Gasteiger partial charge < -0.3 is 9.52 Å². The number of fused-ring (bicyclic) bond motifs is 1. The van der Waals surface area contributed by atoms with Gasteiger partial charge in [-0.3, -0.25) is 19.5 Å². The van der Waals surface area contributed by atoms with Crippen LogP contribution in [0.3, 0.4) is 0 Å². The Labute approximate surface area is 112 Å². The van der Waals surface area contributed by atoms with Crippen LogP contribution in [0.1, 0.15) is 25.8 Å². The van der Waals surface area contributed by atoms with Crippen LogP contribution in [-0.2, 0) is 4.79 Å². The van der Waals surface area contributed by atoms with E-state index >= 15 is 0 Å². The maximum Gasteiger partial charge on any atom is 0.420 e. The number of nitrogens with zero attached hydrogens (tertiary/aromatic N) is 2. The number of benzene rings is 1. The van der Waals surface area contributed by atoms with Gasteiger partial charge in [0.05, 0.1) is 10.4 Å². The van der Waals surface area contributed by atoms with Gasteiger partial charge in [0.2, 0.25) is 0 Å². The minimum absolute atomic E-state index is 0.102. The first-order chi connectivity index (χ1) is 9.40. The summed E-state index contributed by atoms with van der Waals surface area (Å²) in [5.41, 5.74) is 0.377. The van der Waals surface area contributed by atoms with E-state index in [4.69, 9.17) is 9.52 Å². The number of rotatable bonds is 5. The van der Waals surface area contributed by atoms with Crippen molar-refractivity contribution in [2.45, 2.75) is 25.8 Å². The molecule has 0 aliphatic carbocycles. The molecule has 1 N–H and O–H groups in total. The molecule has 106 valence electrons. The maximum absolute atomic E-state index is 11.8. The average molecular weight is 280 g/mol. The molecule has 1 atom stereocenters. The molecule has 1 aromatic heterocycles. The van der Waals surface area contributed by atoms with Crippen molar-refractivity contribution >= 4 is 22.8 Å². The monoisotopic (exact) mass is 280 g/mol. The number of aliphatic carboxylic acids is 1. The first kappa shape index (κ1) is 13.8. The third-order valence-corrected chi connectivity index (χ3v) is 3.02. The number of nitro groups is 1. The Morgan fingerprint density at radius 2 is 2.25 bits per heavy atom. The lowest BCUT2D eigenvalue weighted by Gasteiger charge is -2.10. The molecule has 0 aliphatic heterocycles. The number of carboxylic acids is 1. The number of nitro benzene ring substituents is 1. The number of aromatic nitrogens is 1. The Bertz CT molecular complexity index is 729. The molecule has 0 spiro atoms. The van der Waals surface area contributed by atoms with E-state index in [1.807, 2.05) is 0 Å². The lowest BCUT2D eigenvalue weighted by molar-refractivity contribution is -0.384. The molecule has 1 heterocycles. The van der Waals surface area contributed by atoms with Crippen molar-refractivity contribution in [1.29, 1.82) is 0 Å². The molecule has 0 bridgehead atoms. The first-order valence-electron chi connectivity index (χ1n) is 5.91. The van der Waals surface area contributed by atoms with Crippen LogP contribution in [0.4, 0.5) is 5.69 Å². The SMILES string of the molecule is CC(CCC(=O)O)n1c(=O)oc2ccc([N+](=O)[O-])cc21. The van der Waals surface area contributed by atoms with Crippen molar-refractivity contribution in [3.63, 3.8) is 0 Å². The van der Waals surface area contributed by atoms with Crippen LogP contribution in [0, 0.1) is 10.1 Å². The van der Waals surface area contributed by atoms with Gasteiger partial charge in [-0.15, -0.1) is 0 Å². The van der Waals surface area contributed by atoms with E-state index in [1.165, 1.54) is 22.8 Å². The molecule has 0 saturated carbocycles. The Hall–Kier alpha value is -2.64. The highest BCUT2D eigenvalue weighted by Crippen LogP contribution is 2.24. The van der Waals surface area contributed by atoms with Crippen molar-refractivity contribution in [2.75, 3.05) is 0 Å². The highest BCUT2D eigenvalue weighted by Gasteiger charge is 2.18. The molecule has 0 amide bonds. The fraction of sp³-hybridized carbons (Fsp3) is 0.333. The summed E-state index contributed by atoms with van der Waals surface area (Å²) in [6, 6.07) is 3.42. The van der Waals surface area contributed by atoms with Crippen LogP contribution in [-0.4, -0.2) is 20.6 Å². The summed E-state index contributed by atoms with van der Waals surface area (Å²) in [4.78, 5) is 32.5. The summed E-state index contributed by atoms with van der Waals surface area (Å²) >= 11 is 0. The third kappa shape index (κ3) is 2.53. The third-order valence-electron chi connectivity index (χ3n) is 3.02. The van der Waals surface area contributed by atoms with E-state index in [0.717, 1.165) is 0 Å². The van der Waals surface area contributed by atoms with E-state index in [1.54, 1.807) is 6.92 Å². The second-order valence-electron chi connectivity index (χ2n) is 4.43. The summed E-state index contributed by atoms with van der Waals surface area (Å²) in [5.74, 6) is -1.62. The summed E-state index contributed by atoms with van der Waals surface area (Å²) in [6.45, 7) is 1.66. The van der Waals surface area contributed by atoms with Crippen molar-refractivity contribution in [3.8, 4) is 0 Å². The molecule has 8 nitrogen and oxygen atoms in total. The molecule has 0 aliphatic rings. The summed E-state index contributed by atoms with van der Waals surface area (Å²) < 4.78 is 6.24. The fourth-order valence-corrected chi connectivity index (χ4v) is 2.01. The first-order valence-corrected chi connectivity index (χ1v) is 5.91. The highest BCUT2D eigenvalue weighted by molar-refractivity contribution is 5.76. The second-order valence-corrected chi connectivity index (χ2v) is 4.43. The zero-order chi connectivity index (χ0) is 14.9. The zero-order valence-electron chi connectivity index (χ0n) is 10.6. The molecule has 2 rings (SSSR count). The van der Waals surface area contributed by atoms with Gasteiger partial charge in [0.25, 0.3) is 5.69 Å². The van der Waals surface area contributed by atoms with Crippen molar-refractivity contribution in [1.82, 2.24) is 4.57 Å². The van der Waals surface area contributed by atoms with Gasteiger partial charge in [-0.2, -0.15) is 0 Å². The molecule has 2 aromatic rings. The Morgan fingerprint density at radius 1 is 1.55 bits per heavy atom. The Balaban J connectivity index is 2.48. The Morgan fingerprint density at radius 3 is 2.85 bits per heavy atom. The predicted molar refractivity (Wildman–Crippen MR) is 68.7 cm³/mol. The normalized spacial score (nSPS) is 12.4. The fourth-order valence-electron chi connectivity index (χ4n) is 2.01. The molecule has 8 heteroatoms. The van der Waals surface area contributed by atoms with Crippen LogP contribution >= 0.6 is 0 Å². The van der Waals surface area contributed by atoms with Crippen molar-refractivity contribution in [2.24, 2.45) is 0 Å². The molecule has 0 saturated heterocycles. The van der Waals surface area contributed by atoms with Gasteiger partial charge in [0, 0.05) is 24.6 Å². The average Bonchev–Trinajstić information content (AvgIpc) is 2.70. The number of hydrogen-bond donors (Lipinski definition) is 1. The molecule has 1 aromatic carbocycles. The quantitative estimate of drug-likeness (QED) is 0.660. The number of carbonyl (C=O) groups is 1. The van der Waals surface area contributed by atoms with Crippen molar-refractivity contribution in [3.05, 3.63) is 38.9 Å². The predicted octanol–water partition coefficient (Wildman–Crippen LogP) is 1.93. The van der Waals surface area contributed by atoms with E-state index in [-0.39, 0.29) is 24.1 Å². The standard InChI is InChI=1S/C12H12N2O6/c1-7(2-5-11(15)16)13-9-6-8(14(18)19)3-4-10(9)20-12(13)17/h3-4,6-7H,2,5H2,1H3,(H,15,16). The van der Waals surface area contributed by atoms with Gasteiger partial charge in [-0.1, -0.05) is 0 Å². The molecular weight excluding hydrogens is 268 g/mol. The molecular formula is C12H12N2O6. The van der Waals surface area contributed by atoms with Gasteiger partial charge >= 0.3 is 11.7 Å². The van der Waals surface area contributed by atoms with Gasteiger partial charge in [-0.25, -0.2) is 4.79 Å². The van der Waals surface area contributed by atoms with Crippen LogP contribution in [0.25, 0.3) is 11.1 Å². The second kappa shape index (κ2) is 5.16. The minimum atomic E-state index is -0.969. The smallest absolute Gasteiger partial charge is 0.420 e. The lowest BCUT2D eigenvalue weighted by atomic mass is 10.1. The zero-order valence-corrected chi connectivity index (χ0v) is 10.6. The number of non-ortho nitro benzene ring substituents is 1. The van der Waals surface area contributed by atoms with Crippen LogP contribution in [0.5, 0.6) is 0 Å². The van der Waals surface area contributed by atoms with Gasteiger partial charge in [0.1, 0.15) is 0 Å². The molecule has 1 unspecified atom stereocenters. The van der Waals surface area contributed by atoms with E-state index in [2.05, 4.69) is 0 Å². The molecule has 20 heavy (non-hydrogen) atoms. The van der Waals surface area contributed by atoms with Crippen LogP contribution < -0.4 is 5.76 Å². The summed E-state index contributed by atoms with van der Waals surface area (Å²) in [6.07, 6.45) is 0.127. The highest BCUT2D eigenvalue weighted by atomic mass is 16.6. The number of hydrogen-bond acceptors (Lipinski definition) is 5. The largest absolute Gasteiger partial charge is 0.481 e. The van der Waals surface area contributed by atoms with Crippen molar-refractivity contribution < 1.29 is 19.2 Å². The lowest BCUT2D eigenvalue weighted by Crippen LogP contribution is -2.19. The van der Waals surface area contributed by atoms with E-state index in [0.29, 0.717) is 5.52 Å². The van der Waals surface area contributed by atoms with Gasteiger partial charge in [0.15, 0.2) is 5.58 Å². The van der Waals surface area contributed by atoms with E-state index < -0.39 is 22.7 Å².